The second-order valence-corrected chi connectivity index (χ2v) is 2.60. The second kappa shape index (κ2) is 6.46. The lowest BCUT2D eigenvalue weighted by Crippen LogP contribution is -2.13. The van der Waals surface area contributed by atoms with Crippen molar-refractivity contribution in [3.63, 3.8) is 0 Å². The zero-order valence-corrected chi connectivity index (χ0v) is 9.13. The van der Waals surface area contributed by atoms with Crippen molar-refractivity contribution >= 4 is 0 Å². The van der Waals surface area contributed by atoms with Crippen LogP contribution in [0.25, 0.3) is 0 Å². The van der Waals surface area contributed by atoms with E-state index in [1.165, 1.54) is 6.92 Å². The Morgan fingerprint density at radius 3 is 1.71 bits per heavy atom. The molecule has 0 radical (unpaired) electrons. The molecule has 0 atom stereocenters. The fourth-order valence-electron chi connectivity index (χ4n) is 0.691. The van der Waals surface area contributed by atoms with Crippen LogP contribution in [0.5, 0.6) is 0 Å². The van der Waals surface area contributed by atoms with Crippen molar-refractivity contribution in [3.8, 4) is 0 Å². The zero-order valence-electron chi connectivity index (χ0n) is 9.13. The molecular weight excluding hydrogens is 189 g/mol. The number of halogens is 3. The molecular formula is C11H17F3. The molecule has 0 aliphatic rings. The maximum absolute atomic E-state index is 12.9. The van der Waals surface area contributed by atoms with Gasteiger partial charge in [0, 0.05) is 6.92 Å². The first kappa shape index (κ1) is 15.5. The van der Waals surface area contributed by atoms with Crippen molar-refractivity contribution in [1.29, 1.82) is 0 Å². The summed E-state index contributed by atoms with van der Waals surface area (Å²) in [7, 11) is 0. The fraction of sp³-hybridized carbons (Fsp3) is 0.455. The number of hydrogen-bond donors (Lipinski definition) is 0. The van der Waals surface area contributed by atoms with Gasteiger partial charge in [-0.3, -0.25) is 0 Å². The Morgan fingerprint density at radius 2 is 1.64 bits per heavy atom. The first-order valence-corrected chi connectivity index (χ1v) is 4.37. The summed E-state index contributed by atoms with van der Waals surface area (Å²) in [5.74, 6) is -4.19. The third kappa shape index (κ3) is 4.90. The Bertz CT molecular complexity index is 231. The van der Waals surface area contributed by atoms with Crippen LogP contribution in [0.3, 0.4) is 0 Å². The Kier molecular flexibility index (Phi) is 7.15. The van der Waals surface area contributed by atoms with Crippen LogP contribution in [0.15, 0.2) is 36.2 Å². The van der Waals surface area contributed by atoms with Gasteiger partial charge < -0.3 is 0 Å². The van der Waals surface area contributed by atoms with Crippen molar-refractivity contribution in [2.24, 2.45) is 0 Å². The van der Waals surface area contributed by atoms with Crippen LogP contribution in [-0.2, 0) is 0 Å². The maximum Gasteiger partial charge on any atom is 0.273 e. The minimum Gasteiger partial charge on any atom is -0.206 e. The van der Waals surface area contributed by atoms with Crippen LogP contribution in [0.2, 0.25) is 0 Å². The average molecular weight is 206 g/mol. The molecule has 0 fully saturated rings. The molecule has 0 amide bonds. The quantitative estimate of drug-likeness (QED) is 0.589. The highest BCUT2D eigenvalue weighted by Crippen LogP contribution is 2.29. The largest absolute Gasteiger partial charge is 0.273 e. The second-order valence-electron chi connectivity index (χ2n) is 2.60. The van der Waals surface area contributed by atoms with Gasteiger partial charge in [-0.15, -0.1) is 0 Å². The van der Waals surface area contributed by atoms with E-state index in [-0.39, 0.29) is 5.57 Å². The van der Waals surface area contributed by atoms with E-state index in [0.29, 0.717) is 6.92 Å². The molecule has 0 saturated heterocycles. The summed E-state index contributed by atoms with van der Waals surface area (Å²) in [5.41, 5.74) is -0.735. The number of rotatable bonds is 3. The van der Waals surface area contributed by atoms with Gasteiger partial charge in [-0.05, 0) is 12.5 Å². The maximum atomic E-state index is 12.9. The van der Waals surface area contributed by atoms with E-state index in [2.05, 4.69) is 13.2 Å². The van der Waals surface area contributed by atoms with Gasteiger partial charge in [0.1, 0.15) is 5.83 Å². The number of allylic oxidation sites excluding steroid dienone is 4. The van der Waals surface area contributed by atoms with Gasteiger partial charge in [0.05, 0.1) is 5.57 Å². The van der Waals surface area contributed by atoms with Crippen molar-refractivity contribution in [1.82, 2.24) is 0 Å². The summed E-state index contributed by atoms with van der Waals surface area (Å²) in [6, 6.07) is 0. The van der Waals surface area contributed by atoms with Gasteiger partial charge in [-0.1, -0.05) is 33.1 Å². The molecule has 0 aromatic heterocycles. The first-order chi connectivity index (χ1) is 6.30. The van der Waals surface area contributed by atoms with E-state index >= 15 is 0 Å². The molecule has 0 spiro atoms. The van der Waals surface area contributed by atoms with Crippen LogP contribution in [0, 0.1) is 0 Å². The average Bonchev–Trinajstić information content (AvgIpc) is 2.06. The van der Waals surface area contributed by atoms with Crippen LogP contribution >= 0.6 is 0 Å². The van der Waals surface area contributed by atoms with E-state index in [1.807, 2.05) is 13.8 Å². The molecule has 0 saturated carbocycles. The highest BCUT2D eigenvalue weighted by Gasteiger charge is 2.28. The fourth-order valence-corrected chi connectivity index (χ4v) is 0.691. The van der Waals surface area contributed by atoms with Crippen LogP contribution in [-0.4, -0.2) is 5.92 Å². The highest BCUT2D eigenvalue weighted by molar-refractivity contribution is 5.36. The lowest BCUT2D eigenvalue weighted by atomic mass is 10.1. The monoisotopic (exact) mass is 206 g/mol. The first-order valence-electron chi connectivity index (χ1n) is 4.37. The van der Waals surface area contributed by atoms with Gasteiger partial charge in [0.25, 0.3) is 5.92 Å². The van der Waals surface area contributed by atoms with Gasteiger partial charge in [-0.2, -0.15) is 0 Å². The Hall–Kier alpha value is -0.990. The molecule has 0 rings (SSSR count). The van der Waals surface area contributed by atoms with E-state index in [0.717, 1.165) is 6.08 Å². The summed E-state index contributed by atoms with van der Waals surface area (Å²) in [6.07, 6.45) is 0.810. The molecule has 0 nitrogen and oxygen atoms in total. The van der Waals surface area contributed by atoms with E-state index in [9.17, 15) is 13.2 Å². The smallest absolute Gasteiger partial charge is 0.206 e. The van der Waals surface area contributed by atoms with Crippen LogP contribution < -0.4 is 0 Å². The van der Waals surface area contributed by atoms with Crippen molar-refractivity contribution < 1.29 is 13.2 Å². The summed E-state index contributed by atoms with van der Waals surface area (Å²) in [6.45, 7) is 12.3. The molecule has 0 aliphatic heterocycles. The standard InChI is InChI=1S/C9H11F3.C2H6/c1-5-7(9(4,11)12)8(10)6(2)3;1-2/h5H,1-2H2,3-4H3;1-2H3/b8-7-;. The normalized spacial score (nSPS) is 12.2. The number of hydrogen-bond acceptors (Lipinski definition) is 0. The molecule has 82 valence electrons. The van der Waals surface area contributed by atoms with Crippen LogP contribution in [0.4, 0.5) is 13.2 Å². The van der Waals surface area contributed by atoms with Gasteiger partial charge in [-0.25, -0.2) is 13.2 Å². The Balaban J connectivity index is 0. The molecule has 0 aromatic carbocycles. The highest BCUT2D eigenvalue weighted by atomic mass is 19.3. The van der Waals surface area contributed by atoms with E-state index < -0.39 is 17.3 Å². The third-order valence-electron chi connectivity index (χ3n) is 1.29. The topological polar surface area (TPSA) is 0 Å². The zero-order chi connectivity index (χ0) is 11.9. The summed E-state index contributed by atoms with van der Waals surface area (Å²) in [5, 5.41) is 0. The molecule has 14 heavy (non-hydrogen) atoms. The van der Waals surface area contributed by atoms with E-state index in [1.54, 1.807) is 0 Å². The predicted molar refractivity (Wildman–Crippen MR) is 55.1 cm³/mol. The lowest BCUT2D eigenvalue weighted by molar-refractivity contribution is 0.0649. The predicted octanol–water partition coefficient (Wildman–Crippen LogP) is 4.65. The molecule has 0 heterocycles. The van der Waals surface area contributed by atoms with Gasteiger partial charge in [0.2, 0.25) is 0 Å². The molecule has 0 unspecified atom stereocenters. The van der Waals surface area contributed by atoms with Crippen LogP contribution in [0.1, 0.15) is 27.7 Å². The van der Waals surface area contributed by atoms with Crippen molar-refractivity contribution in [2.75, 3.05) is 0 Å². The SMILES string of the molecule is C=C/C(=C(/F)C(=C)C)C(C)(F)F.CC. The Labute approximate surface area is 83.8 Å². The van der Waals surface area contributed by atoms with Gasteiger partial charge >= 0.3 is 0 Å². The minimum absolute atomic E-state index is 0.0218. The lowest BCUT2D eigenvalue weighted by Gasteiger charge is -2.12. The molecule has 0 aromatic rings. The minimum atomic E-state index is -3.20. The summed E-state index contributed by atoms with van der Waals surface area (Å²) in [4.78, 5) is 0. The molecule has 0 aliphatic carbocycles. The Morgan fingerprint density at radius 1 is 1.29 bits per heavy atom. The summed E-state index contributed by atoms with van der Waals surface area (Å²) < 4.78 is 38.1. The molecule has 3 heteroatoms. The summed E-state index contributed by atoms with van der Waals surface area (Å²) >= 11 is 0. The van der Waals surface area contributed by atoms with Crippen molar-refractivity contribution in [2.45, 2.75) is 33.6 Å². The molecule has 0 N–H and O–H groups in total. The molecule has 0 bridgehead atoms. The number of alkyl halides is 2. The van der Waals surface area contributed by atoms with Gasteiger partial charge in [0.15, 0.2) is 0 Å². The van der Waals surface area contributed by atoms with E-state index in [4.69, 9.17) is 0 Å². The van der Waals surface area contributed by atoms with Crippen molar-refractivity contribution in [3.05, 3.63) is 36.2 Å². The third-order valence-corrected chi connectivity index (χ3v) is 1.29.